The van der Waals surface area contributed by atoms with Gasteiger partial charge in [-0.3, -0.25) is 4.90 Å². The highest BCUT2D eigenvalue weighted by molar-refractivity contribution is 5.45. The normalized spacial score (nSPS) is 35.1. The zero-order valence-corrected chi connectivity index (χ0v) is 13.1. The zero-order chi connectivity index (χ0) is 14.6. The SMILES string of the molecule is CC1[C@H]2Cc3ccc(C#N)cc3[C@]1(C)CCN2CC1CC1. The van der Waals surface area contributed by atoms with Gasteiger partial charge < -0.3 is 0 Å². The van der Waals surface area contributed by atoms with Crippen LogP contribution in [0.5, 0.6) is 0 Å². The topological polar surface area (TPSA) is 27.0 Å². The van der Waals surface area contributed by atoms with Crippen LogP contribution in [0.3, 0.4) is 0 Å². The molecule has 2 fully saturated rings. The predicted octanol–water partition coefficient (Wildman–Crippen LogP) is 3.49. The van der Waals surface area contributed by atoms with Crippen molar-refractivity contribution in [3.63, 3.8) is 0 Å². The highest BCUT2D eigenvalue weighted by Crippen LogP contribution is 2.49. The number of nitrogens with zero attached hydrogens (tertiary/aromatic N) is 2. The van der Waals surface area contributed by atoms with Gasteiger partial charge >= 0.3 is 0 Å². The summed E-state index contributed by atoms with van der Waals surface area (Å²) in [5.41, 5.74) is 4.02. The van der Waals surface area contributed by atoms with E-state index in [2.05, 4.69) is 36.9 Å². The van der Waals surface area contributed by atoms with Gasteiger partial charge in [-0.15, -0.1) is 0 Å². The summed E-state index contributed by atoms with van der Waals surface area (Å²) in [5, 5.41) is 9.20. The number of benzene rings is 1. The van der Waals surface area contributed by atoms with Crippen molar-refractivity contribution in [3.8, 4) is 6.07 Å². The summed E-state index contributed by atoms with van der Waals surface area (Å²) < 4.78 is 0. The first-order valence-corrected chi connectivity index (χ1v) is 8.39. The molecule has 3 atom stereocenters. The van der Waals surface area contributed by atoms with Crippen LogP contribution in [-0.4, -0.2) is 24.0 Å². The molecule has 1 saturated heterocycles. The molecule has 3 aliphatic rings. The van der Waals surface area contributed by atoms with Gasteiger partial charge in [0.05, 0.1) is 11.6 Å². The van der Waals surface area contributed by atoms with E-state index >= 15 is 0 Å². The molecule has 0 spiro atoms. The van der Waals surface area contributed by atoms with Crippen LogP contribution in [0.1, 0.15) is 49.8 Å². The molecule has 0 amide bonds. The fourth-order valence-corrected chi connectivity index (χ4v) is 4.64. The molecule has 1 saturated carbocycles. The van der Waals surface area contributed by atoms with Gasteiger partial charge in [-0.1, -0.05) is 19.9 Å². The Morgan fingerprint density at radius 2 is 2.19 bits per heavy atom. The second-order valence-electron chi connectivity index (χ2n) is 7.65. The van der Waals surface area contributed by atoms with E-state index in [4.69, 9.17) is 0 Å². The number of nitriles is 1. The molecule has 2 aliphatic carbocycles. The summed E-state index contributed by atoms with van der Waals surface area (Å²) in [7, 11) is 0. The summed E-state index contributed by atoms with van der Waals surface area (Å²) in [4.78, 5) is 2.77. The van der Waals surface area contributed by atoms with Gasteiger partial charge in [0.25, 0.3) is 0 Å². The predicted molar refractivity (Wildman–Crippen MR) is 84.1 cm³/mol. The maximum atomic E-state index is 9.20. The molecule has 1 heterocycles. The van der Waals surface area contributed by atoms with E-state index in [1.165, 1.54) is 49.9 Å². The molecule has 2 nitrogen and oxygen atoms in total. The van der Waals surface area contributed by atoms with Gasteiger partial charge in [-0.05, 0) is 72.7 Å². The second-order valence-corrected chi connectivity index (χ2v) is 7.65. The van der Waals surface area contributed by atoms with E-state index in [9.17, 15) is 5.26 Å². The fraction of sp³-hybridized carbons (Fsp3) is 0.632. The Morgan fingerprint density at radius 3 is 2.90 bits per heavy atom. The molecule has 1 unspecified atom stereocenters. The molecule has 2 bridgehead atoms. The van der Waals surface area contributed by atoms with E-state index in [1.807, 2.05) is 6.07 Å². The summed E-state index contributed by atoms with van der Waals surface area (Å²) in [6, 6.07) is 9.39. The molecule has 1 aromatic rings. The Kier molecular flexibility index (Phi) is 2.91. The van der Waals surface area contributed by atoms with Crippen LogP contribution < -0.4 is 0 Å². The quantitative estimate of drug-likeness (QED) is 0.829. The minimum atomic E-state index is 0.255. The van der Waals surface area contributed by atoms with E-state index in [0.29, 0.717) is 12.0 Å². The largest absolute Gasteiger partial charge is 0.299 e. The smallest absolute Gasteiger partial charge is 0.0991 e. The van der Waals surface area contributed by atoms with Crippen molar-refractivity contribution >= 4 is 0 Å². The first-order chi connectivity index (χ1) is 10.1. The summed E-state index contributed by atoms with van der Waals surface area (Å²) in [6.45, 7) is 7.42. The number of likely N-dealkylation sites (tertiary alicyclic amines) is 1. The molecule has 0 aromatic heterocycles. The maximum Gasteiger partial charge on any atom is 0.0991 e. The summed E-state index contributed by atoms with van der Waals surface area (Å²) in [5.74, 6) is 1.66. The molecule has 2 heteroatoms. The van der Waals surface area contributed by atoms with Gasteiger partial charge in [-0.2, -0.15) is 5.26 Å². The standard InChI is InChI=1S/C19H24N2/c1-13-18-10-16-6-5-15(11-20)9-17(16)19(13,2)7-8-21(18)12-14-3-4-14/h5-6,9,13-14,18H,3-4,7-8,10,12H2,1-2H3/t13?,18-,19-/m1/s1. The summed E-state index contributed by atoms with van der Waals surface area (Å²) in [6.07, 6.45) is 5.29. The van der Waals surface area contributed by atoms with Crippen molar-refractivity contribution in [3.05, 3.63) is 34.9 Å². The van der Waals surface area contributed by atoms with Gasteiger partial charge in [0, 0.05) is 12.6 Å². The second kappa shape index (κ2) is 4.58. The lowest BCUT2D eigenvalue weighted by Crippen LogP contribution is -2.58. The van der Waals surface area contributed by atoms with Crippen LogP contribution in [0.25, 0.3) is 0 Å². The van der Waals surface area contributed by atoms with Crippen molar-refractivity contribution < 1.29 is 0 Å². The Hall–Kier alpha value is -1.33. The number of fused-ring (bicyclic) bond motifs is 4. The highest BCUT2D eigenvalue weighted by atomic mass is 15.2. The monoisotopic (exact) mass is 280 g/mol. The average molecular weight is 280 g/mol. The molecule has 0 N–H and O–H groups in total. The fourth-order valence-electron chi connectivity index (χ4n) is 4.64. The van der Waals surface area contributed by atoms with Crippen LogP contribution in [0.4, 0.5) is 0 Å². The Bertz CT molecular complexity index is 610. The Labute approximate surface area is 127 Å². The van der Waals surface area contributed by atoms with Gasteiger partial charge in [0.15, 0.2) is 0 Å². The molecule has 110 valence electrons. The molecule has 0 radical (unpaired) electrons. The van der Waals surface area contributed by atoms with Gasteiger partial charge in [-0.25, -0.2) is 0 Å². The van der Waals surface area contributed by atoms with E-state index in [0.717, 1.165) is 11.5 Å². The third kappa shape index (κ3) is 2.02. The van der Waals surface area contributed by atoms with Crippen LogP contribution in [0.2, 0.25) is 0 Å². The van der Waals surface area contributed by atoms with Crippen LogP contribution in [-0.2, 0) is 11.8 Å². The third-order valence-electron chi connectivity index (χ3n) is 6.44. The van der Waals surface area contributed by atoms with Crippen molar-refractivity contribution in [1.82, 2.24) is 4.90 Å². The molecule has 1 aliphatic heterocycles. The number of hydrogen-bond acceptors (Lipinski definition) is 2. The number of hydrogen-bond donors (Lipinski definition) is 0. The third-order valence-corrected chi connectivity index (χ3v) is 6.44. The van der Waals surface area contributed by atoms with Crippen LogP contribution >= 0.6 is 0 Å². The van der Waals surface area contributed by atoms with E-state index in [1.54, 1.807) is 0 Å². The molecular weight excluding hydrogens is 256 g/mol. The number of piperidine rings is 1. The Morgan fingerprint density at radius 1 is 1.38 bits per heavy atom. The highest BCUT2D eigenvalue weighted by Gasteiger charge is 2.48. The average Bonchev–Trinajstić information content (AvgIpc) is 3.30. The number of rotatable bonds is 2. The minimum absolute atomic E-state index is 0.255. The first-order valence-electron chi connectivity index (χ1n) is 8.39. The lowest BCUT2D eigenvalue weighted by Gasteiger charge is -2.54. The lowest BCUT2D eigenvalue weighted by molar-refractivity contribution is 0.0284. The zero-order valence-electron chi connectivity index (χ0n) is 13.1. The molecular formula is C19H24N2. The summed E-state index contributed by atoms with van der Waals surface area (Å²) >= 11 is 0. The van der Waals surface area contributed by atoms with Gasteiger partial charge in [0.2, 0.25) is 0 Å². The minimum Gasteiger partial charge on any atom is -0.299 e. The van der Waals surface area contributed by atoms with Crippen molar-refractivity contribution in [2.75, 3.05) is 13.1 Å². The maximum absolute atomic E-state index is 9.20. The van der Waals surface area contributed by atoms with Crippen LogP contribution in [0, 0.1) is 23.2 Å². The molecule has 1 aromatic carbocycles. The first kappa shape index (κ1) is 13.3. The van der Waals surface area contributed by atoms with Crippen LogP contribution in [0.15, 0.2) is 18.2 Å². The van der Waals surface area contributed by atoms with E-state index in [-0.39, 0.29) is 5.41 Å². The van der Waals surface area contributed by atoms with E-state index < -0.39 is 0 Å². The molecule has 21 heavy (non-hydrogen) atoms. The van der Waals surface area contributed by atoms with Crippen molar-refractivity contribution in [2.24, 2.45) is 11.8 Å². The molecule has 4 rings (SSSR count). The van der Waals surface area contributed by atoms with Crippen molar-refractivity contribution in [1.29, 1.82) is 5.26 Å². The lowest BCUT2D eigenvalue weighted by atomic mass is 9.59. The van der Waals surface area contributed by atoms with Crippen molar-refractivity contribution in [2.45, 2.75) is 51.0 Å². The Balaban J connectivity index is 1.72. The van der Waals surface area contributed by atoms with Gasteiger partial charge in [0.1, 0.15) is 0 Å².